The molecule has 0 aliphatic rings. The van der Waals surface area contributed by atoms with Gasteiger partial charge < -0.3 is 20.1 Å². The van der Waals surface area contributed by atoms with Crippen LogP contribution in [0.15, 0.2) is 47.5 Å². The molecular formula is C17H18N2O6. The summed E-state index contributed by atoms with van der Waals surface area (Å²) in [5.41, 5.74) is 0.659. The fraction of sp³-hybridized carbons (Fsp3) is 0.235. The number of benzene rings is 2. The molecule has 3 N–H and O–H groups in total. The number of aliphatic hydroxyl groups is 2. The first-order chi connectivity index (χ1) is 12.0. The molecule has 0 amide bonds. The minimum absolute atomic E-state index is 0.0960. The van der Waals surface area contributed by atoms with Crippen molar-refractivity contribution in [3.63, 3.8) is 0 Å². The third-order valence-electron chi connectivity index (χ3n) is 3.65. The highest BCUT2D eigenvalue weighted by Crippen LogP contribution is 2.28. The largest absolute Gasteiger partial charge is 0.504 e. The number of phenols is 1. The summed E-state index contributed by atoms with van der Waals surface area (Å²) in [4.78, 5) is 14.2. The minimum atomic E-state index is -1.16. The molecule has 2 atom stereocenters. The Labute approximate surface area is 143 Å². The molecule has 25 heavy (non-hydrogen) atoms. The quantitative estimate of drug-likeness (QED) is 0.399. The molecule has 0 saturated heterocycles. The lowest BCUT2D eigenvalue weighted by atomic mass is 10.0. The number of ether oxygens (including phenoxy) is 1. The van der Waals surface area contributed by atoms with Gasteiger partial charge in [-0.05, 0) is 29.8 Å². The Morgan fingerprint density at radius 3 is 2.52 bits per heavy atom. The summed E-state index contributed by atoms with van der Waals surface area (Å²) in [5, 5.41) is 40.5. The molecule has 0 unspecified atom stereocenters. The summed E-state index contributed by atoms with van der Waals surface area (Å²) in [6.45, 7) is -0.445. The summed E-state index contributed by atoms with van der Waals surface area (Å²) in [6.07, 6.45) is 0.169. The number of nitro benzene ring substituents is 1. The van der Waals surface area contributed by atoms with Crippen molar-refractivity contribution in [3.8, 4) is 11.5 Å². The summed E-state index contributed by atoms with van der Waals surface area (Å²) in [7, 11) is 1.42. The highest BCUT2D eigenvalue weighted by atomic mass is 16.6. The molecule has 0 saturated carbocycles. The predicted octanol–water partition coefficient (Wildman–Crippen LogP) is 1.82. The van der Waals surface area contributed by atoms with Crippen LogP contribution in [-0.2, 0) is 0 Å². The summed E-state index contributed by atoms with van der Waals surface area (Å²) < 4.78 is 5.00. The molecule has 0 aliphatic carbocycles. The highest BCUT2D eigenvalue weighted by molar-refractivity contribution is 5.84. The van der Waals surface area contributed by atoms with Crippen molar-refractivity contribution in [2.24, 2.45) is 4.99 Å². The third kappa shape index (κ3) is 4.31. The van der Waals surface area contributed by atoms with Crippen molar-refractivity contribution in [2.45, 2.75) is 12.1 Å². The van der Waals surface area contributed by atoms with Gasteiger partial charge in [-0.1, -0.05) is 6.07 Å². The maximum Gasteiger partial charge on any atom is 0.269 e. The van der Waals surface area contributed by atoms with E-state index in [1.165, 1.54) is 37.6 Å². The Morgan fingerprint density at radius 1 is 1.28 bits per heavy atom. The second-order valence-corrected chi connectivity index (χ2v) is 5.22. The van der Waals surface area contributed by atoms with Crippen molar-refractivity contribution < 1.29 is 25.0 Å². The van der Waals surface area contributed by atoms with Gasteiger partial charge in [-0.3, -0.25) is 15.1 Å². The van der Waals surface area contributed by atoms with E-state index in [1.807, 2.05) is 0 Å². The summed E-state index contributed by atoms with van der Waals surface area (Å²) >= 11 is 0. The van der Waals surface area contributed by atoms with Crippen molar-refractivity contribution >= 4 is 11.9 Å². The van der Waals surface area contributed by atoms with Crippen LogP contribution in [0.25, 0.3) is 0 Å². The van der Waals surface area contributed by atoms with E-state index < -0.39 is 23.7 Å². The van der Waals surface area contributed by atoms with Gasteiger partial charge in [-0.25, -0.2) is 0 Å². The van der Waals surface area contributed by atoms with Crippen LogP contribution in [0.4, 0.5) is 5.69 Å². The molecule has 8 heteroatoms. The molecule has 2 aromatic rings. The van der Waals surface area contributed by atoms with Gasteiger partial charge in [-0.2, -0.15) is 0 Å². The Hall–Kier alpha value is -2.97. The highest BCUT2D eigenvalue weighted by Gasteiger charge is 2.20. The number of hydrogen-bond acceptors (Lipinski definition) is 7. The minimum Gasteiger partial charge on any atom is -0.504 e. The molecule has 0 spiro atoms. The zero-order valence-corrected chi connectivity index (χ0v) is 13.4. The van der Waals surface area contributed by atoms with E-state index >= 15 is 0 Å². The van der Waals surface area contributed by atoms with Crippen LogP contribution in [-0.4, -0.2) is 46.2 Å². The molecule has 0 fully saturated rings. The van der Waals surface area contributed by atoms with E-state index in [4.69, 9.17) is 4.74 Å². The van der Waals surface area contributed by atoms with Crippen LogP contribution in [0.2, 0.25) is 0 Å². The Kier molecular flexibility index (Phi) is 6.04. The lowest BCUT2D eigenvalue weighted by molar-refractivity contribution is -0.384. The number of non-ortho nitro benzene ring substituents is 1. The van der Waals surface area contributed by atoms with Crippen molar-refractivity contribution in [1.82, 2.24) is 0 Å². The monoisotopic (exact) mass is 346 g/mol. The van der Waals surface area contributed by atoms with Crippen molar-refractivity contribution in [3.05, 3.63) is 63.7 Å². The maximum absolute atomic E-state index is 10.7. The number of methoxy groups -OCH3 is 1. The first-order valence-electron chi connectivity index (χ1n) is 7.40. The van der Waals surface area contributed by atoms with Gasteiger partial charge in [0.2, 0.25) is 0 Å². The molecule has 2 rings (SSSR count). The second kappa shape index (κ2) is 8.22. The zero-order valence-electron chi connectivity index (χ0n) is 13.4. The van der Waals surface area contributed by atoms with Crippen molar-refractivity contribution in [2.75, 3.05) is 13.7 Å². The number of rotatable bonds is 7. The molecule has 0 aromatic heterocycles. The van der Waals surface area contributed by atoms with E-state index in [0.29, 0.717) is 11.1 Å². The molecule has 132 valence electrons. The molecular weight excluding hydrogens is 328 g/mol. The number of nitrogens with zero attached hydrogens (tertiary/aromatic N) is 2. The van der Waals surface area contributed by atoms with E-state index in [0.717, 1.165) is 0 Å². The second-order valence-electron chi connectivity index (χ2n) is 5.22. The van der Waals surface area contributed by atoms with E-state index in [2.05, 4.69) is 4.99 Å². The lowest BCUT2D eigenvalue weighted by Crippen LogP contribution is -2.21. The zero-order chi connectivity index (χ0) is 18.4. The van der Waals surface area contributed by atoms with Gasteiger partial charge in [0.05, 0.1) is 18.6 Å². The fourth-order valence-corrected chi connectivity index (χ4v) is 2.23. The van der Waals surface area contributed by atoms with Crippen molar-refractivity contribution in [1.29, 1.82) is 0 Å². The van der Waals surface area contributed by atoms with Gasteiger partial charge in [0, 0.05) is 23.9 Å². The van der Waals surface area contributed by atoms with Gasteiger partial charge in [0.1, 0.15) is 12.1 Å². The molecule has 0 bridgehead atoms. The molecule has 0 radical (unpaired) electrons. The Bertz CT molecular complexity index is 760. The van der Waals surface area contributed by atoms with Gasteiger partial charge in [0.25, 0.3) is 5.69 Å². The Balaban J connectivity index is 2.20. The van der Waals surface area contributed by atoms with Crippen LogP contribution in [0.1, 0.15) is 17.2 Å². The SMILES string of the molecule is COc1cccc(C=N[C@H](CO)[C@H](O)c2ccc([N+](=O)[O-])cc2)c1O. The normalized spacial score (nSPS) is 13.6. The number of aliphatic hydroxyl groups excluding tert-OH is 2. The Morgan fingerprint density at radius 2 is 1.96 bits per heavy atom. The summed E-state index contributed by atoms with van der Waals surface area (Å²) in [6, 6.07) is 9.31. The molecule has 2 aromatic carbocycles. The van der Waals surface area contributed by atoms with Crippen LogP contribution in [0.5, 0.6) is 11.5 Å². The van der Waals surface area contributed by atoms with Crippen LogP contribution in [0.3, 0.4) is 0 Å². The molecule has 8 nitrogen and oxygen atoms in total. The van der Waals surface area contributed by atoms with E-state index in [1.54, 1.807) is 18.2 Å². The van der Waals surface area contributed by atoms with Gasteiger partial charge >= 0.3 is 0 Å². The topological polar surface area (TPSA) is 125 Å². The van der Waals surface area contributed by atoms with E-state index in [-0.39, 0.29) is 17.2 Å². The lowest BCUT2D eigenvalue weighted by Gasteiger charge is -2.17. The smallest absolute Gasteiger partial charge is 0.269 e. The fourth-order valence-electron chi connectivity index (χ4n) is 2.23. The van der Waals surface area contributed by atoms with Gasteiger partial charge in [-0.15, -0.1) is 0 Å². The maximum atomic E-state index is 10.7. The molecule has 0 heterocycles. The number of para-hydroxylation sites is 1. The average Bonchev–Trinajstić information content (AvgIpc) is 2.63. The van der Waals surface area contributed by atoms with E-state index in [9.17, 15) is 25.4 Å². The number of nitro groups is 1. The molecule has 0 aliphatic heterocycles. The van der Waals surface area contributed by atoms with Gasteiger partial charge in [0.15, 0.2) is 11.5 Å². The van der Waals surface area contributed by atoms with Crippen LogP contribution >= 0.6 is 0 Å². The average molecular weight is 346 g/mol. The van der Waals surface area contributed by atoms with Crippen LogP contribution in [0, 0.1) is 10.1 Å². The first kappa shape index (κ1) is 18.4. The number of aliphatic imine (C=N–C) groups is 1. The first-order valence-corrected chi connectivity index (χ1v) is 7.40. The standard InChI is InChI=1S/C17H18N2O6/c1-25-15-4-2-3-12(17(15)22)9-18-14(10-20)16(21)11-5-7-13(8-6-11)19(23)24/h2-9,14,16,20-22H,10H2,1H3/t14-,16-/m1/s1. The third-order valence-corrected chi connectivity index (χ3v) is 3.65. The number of aromatic hydroxyl groups is 1. The summed E-state index contributed by atoms with van der Waals surface area (Å²) in [5.74, 6) is 0.177. The number of phenolic OH excluding ortho intramolecular Hbond substituents is 1. The number of hydrogen-bond donors (Lipinski definition) is 3. The van der Waals surface area contributed by atoms with Crippen LogP contribution < -0.4 is 4.74 Å². The predicted molar refractivity (Wildman–Crippen MR) is 91.2 cm³/mol.